The summed E-state index contributed by atoms with van der Waals surface area (Å²) in [7, 11) is 0.105. The predicted octanol–water partition coefficient (Wildman–Crippen LogP) is -0.0279. The van der Waals surface area contributed by atoms with Crippen molar-refractivity contribution < 1.29 is 23.6 Å². The maximum absolute atomic E-state index is 12.3. The summed E-state index contributed by atoms with van der Waals surface area (Å²) in [5.41, 5.74) is 1.45. The Kier molecular flexibility index (Phi) is 5.89. The standard InChI is InChI=1S/C15H17BF2N6O3/c1-23-14(20-9-22-23)10-6-21-24(8-10)13(4-5-27-15(17)18)12-3-2-11(7-19-12)16(25)26/h2-3,6-9,13,15,25-26H,4-5H2,1H3/t13-/m1/s1. The van der Waals surface area contributed by atoms with Crippen molar-refractivity contribution in [1.29, 1.82) is 0 Å². The van der Waals surface area contributed by atoms with Crippen LogP contribution in [-0.4, -0.2) is 59.9 Å². The van der Waals surface area contributed by atoms with Crippen molar-refractivity contribution in [3.8, 4) is 11.4 Å². The lowest BCUT2D eigenvalue weighted by atomic mass is 9.81. The largest absolute Gasteiger partial charge is 0.490 e. The van der Waals surface area contributed by atoms with Gasteiger partial charge in [-0.2, -0.15) is 19.0 Å². The van der Waals surface area contributed by atoms with E-state index in [-0.39, 0.29) is 18.5 Å². The van der Waals surface area contributed by atoms with Crippen LogP contribution in [0.1, 0.15) is 18.2 Å². The van der Waals surface area contributed by atoms with Gasteiger partial charge in [-0.15, -0.1) is 0 Å². The van der Waals surface area contributed by atoms with Crippen molar-refractivity contribution in [2.75, 3.05) is 6.61 Å². The van der Waals surface area contributed by atoms with Crippen molar-refractivity contribution in [1.82, 2.24) is 29.5 Å². The molecule has 9 nitrogen and oxygen atoms in total. The Bertz CT molecular complexity index is 871. The highest BCUT2D eigenvalue weighted by molar-refractivity contribution is 6.58. The molecule has 0 unspecified atom stereocenters. The molecule has 0 saturated heterocycles. The molecule has 3 aromatic rings. The summed E-state index contributed by atoms with van der Waals surface area (Å²) < 4.78 is 32.2. The number of hydrogen-bond donors (Lipinski definition) is 2. The zero-order valence-corrected chi connectivity index (χ0v) is 14.4. The van der Waals surface area contributed by atoms with Crippen molar-refractivity contribution in [3.63, 3.8) is 0 Å². The summed E-state index contributed by atoms with van der Waals surface area (Å²) in [6, 6.07) is 2.60. The van der Waals surface area contributed by atoms with Gasteiger partial charge in [0.25, 0.3) is 0 Å². The van der Waals surface area contributed by atoms with Crippen LogP contribution >= 0.6 is 0 Å². The molecular formula is C15H17BF2N6O3. The summed E-state index contributed by atoms with van der Waals surface area (Å²) in [6.45, 7) is -3.06. The number of halogens is 2. The lowest BCUT2D eigenvalue weighted by Crippen LogP contribution is -2.30. The van der Waals surface area contributed by atoms with E-state index < -0.39 is 19.8 Å². The van der Waals surface area contributed by atoms with Gasteiger partial charge in [0.2, 0.25) is 0 Å². The molecule has 3 aromatic heterocycles. The third-order valence-electron chi connectivity index (χ3n) is 3.97. The van der Waals surface area contributed by atoms with E-state index in [1.165, 1.54) is 18.6 Å². The van der Waals surface area contributed by atoms with Crippen molar-refractivity contribution in [2.24, 2.45) is 7.05 Å². The highest BCUT2D eigenvalue weighted by atomic mass is 19.3. The van der Waals surface area contributed by atoms with Crippen molar-refractivity contribution in [2.45, 2.75) is 19.1 Å². The summed E-state index contributed by atoms with van der Waals surface area (Å²) in [4.78, 5) is 8.36. The van der Waals surface area contributed by atoms with Gasteiger partial charge in [-0.3, -0.25) is 9.67 Å². The molecule has 0 aliphatic rings. The number of ether oxygens (including phenoxy) is 1. The molecule has 1 atom stereocenters. The predicted molar refractivity (Wildman–Crippen MR) is 91.0 cm³/mol. The van der Waals surface area contributed by atoms with Crippen LogP contribution in [-0.2, 0) is 11.8 Å². The number of alkyl halides is 2. The second-order valence-corrected chi connectivity index (χ2v) is 5.74. The van der Waals surface area contributed by atoms with Gasteiger partial charge in [-0.05, 0) is 12.5 Å². The zero-order valence-electron chi connectivity index (χ0n) is 14.4. The van der Waals surface area contributed by atoms with Crippen molar-refractivity contribution in [3.05, 3.63) is 42.7 Å². The Morgan fingerprint density at radius 2 is 2.00 bits per heavy atom. The molecular weight excluding hydrogens is 361 g/mol. The second kappa shape index (κ2) is 8.33. The molecule has 3 heterocycles. The second-order valence-electron chi connectivity index (χ2n) is 5.74. The van der Waals surface area contributed by atoms with E-state index in [0.29, 0.717) is 17.1 Å². The average molecular weight is 378 g/mol. The van der Waals surface area contributed by atoms with Gasteiger partial charge in [0.15, 0.2) is 5.82 Å². The molecule has 0 spiro atoms. The first kappa shape index (κ1) is 19.1. The van der Waals surface area contributed by atoms with E-state index in [4.69, 9.17) is 0 Å². The van der Waals surface area contributed by atoms with Crippen LogP contribution in [0.5, 0.6) is 0 Å². The molecule has 0 aliphatic carbocycles. The Hall–Kier alpha value is -2.70. The Morgan fingerprint density at radius 1 is 1.19 bits per heavy atom. The molecule has 142 valence electrons. The molecule has 0 fully saturated rings. The molecule has 0 radical (unpaired) electrons. The summed E-state index contributed by atoms with van der Waals surface area (Å²) in [5, 5.41) is 26.7. The molecule has 0 saturated carbocycles. The maximum atomic E-state index is 12.3. The van der Waals surface area contributed by atoms with E-state index in [2.05, 4.69) is 24.9 Å². The van der Waals surface area contributed by atoms with Crippen LogP contribution in [0.3, 0.4) is 0 Å². The quantitative estimate of drug-likeness (QED) is 0.530. The van der Waals surface area contributed by atoms with Crippen LogP contribution in [0.4, 0.5) is 8.78 Å². The first-order chi connectivity index (χ1) is 13.0. The Morgan fingerprint density at radius 3 is 2.59 bits per heavy atom. The number of pyridine rings is 1. The minimum atomic E-state index is -2.86. The lowest BCUT2D eigenvalue weighted by molar-refractivity contribution is -0.130. The van der Waals surface area contributed by atoms with E-state index >= 15 is 0 Å². The lowest BCUT2D eigenvalue weighted by Gasteiger charge is -2.17. The molecule has 2 N–H and O–H groups in total. The fourth-order valence-corrected chi connectivity index (χ4v) is 2.63. The first-order valence-electron chi connectivity index (χ1n) is 8.06. The smallest absolute Gasteiger partial charge is 0.423 e. The third-order valence-corrected chi connectivity index (χ3v) is 3.97. The fourth-order valence-electron chi connectivity index (χ4n) is 2.63. The highest BCUT2D eigenvalue weighted by Gasteiger charge is 2.20. The van der Waals surface area contributed by atoms with Crippen LogP contribution in [0.2, 0.25) is 0 Å². The molecule has 0 aromatic carbocycles. The maximum Gasteiger partial charge on any atom is 0.490 e. The molecule has 0 amide bonds. The molecule has 0 aliphatic heterocycles. The van der Waals surface area contributed by atoms with Gasteiger partial charge in [0, 0.05) is 24.9 Å². The number of rotatable bonds is 8. The topological polar surface area (TPSA) is 111 Å². The number of aryl methyl sites for hydroxylation is 1. The van der Waals surface area contributed by atoms with Crippen molar-refractivity contribution >= 4 is 12.6 Å². The van der Waals surface area contributed by atoms with Crippen LogP contribution in [0.25, 0.3) is 11.4 Å². The van der Waals surface area contributed by atoms with Gasteiger partial charge in [-0.25, -0.2) is 9.67 Å². The van der Waals surface area contributed by atoms with Gasteiger partial charge in [-0.1, -0.05) is 6.07 Å². The SMILES string of the molecule is Cn1ncnc1-c1cnn([C@H](CCOC(F)F)c2ccc(B(O)O)cn2)c1. The highest BCUT2D eigenvalue weighted by Crippen LogP contribution is 2.23. The fraction of sp³-hybridized carbons (Fsp3) is 0.333. The minimum Gasteiger partial charge on any atom is -0.423 e. The molecule has 0 bridgehead atoms. The Labute approximate surface area is 153 Å². The first-order valence-corrected chi connectivity index (χ1v) is 8.06. The van der Waals surface area contributed by atoms with Gasteiger partial charge in [0.05, 0.1) is 30.1 Å². The van der Waals surface area contributed by atoms with Crippen LogP contribution in [0.15, 0.2) is 37.1 Å². The molecule has 12 heteroatoms. The summed E-state index contributed by atoms with van der Waals surface area (Å²) in [6.07, 6.45) is 6.23. The molecule has 3 rings (SSSR count). The number of aromatic nitrogens is 6. The average Bonchev–Trinajstić information content (AvgIpc) is 3.27. The number of nitrogens with zero attached hydrogens (tertiary/aromatic N) is 6. The number of hydrogen-bond acceptors (Lipinski definition) is 7. The normalized spacial score (nSPS) is 12.5. The van der Waals surface area contributed by atoms with E-state index in [1.807, 2.05) is 0 Å². The van der Waals surface area contributed by atoms with Crippen LogP contribution < -0.4 is 5.46 Å². The minimum absolute atomic E-state index is 0.193. The van der Waals surface area contributed by atoms with Gasteiger partial charge >= 0.3 is 13.7 Å². The van der Waals surface area contributed by atoms with Crippen LogP contribution in [0, 0.1) is 0 Å². The summed E-state index contributed by atoms with van der Waals surface area (Å²) >= 11 is 0. The Balaban J connectivity index is 1.87. The van der Waals surface area contributed by atoms with Gasteiger partial charge in [0.1, 0.15) is 6.33 Å². The summed E-state index contributed by atoms with van der Waals surface area (Å²) in [5.74, 6) is 0.607. The molecule has 27 heavy (non-hydrogen) atoms. The third kappa shape index (κ3) is 4.53. The van der Waals surface area contributed by atoms with E-state index in [9.17, 15) is 18.8 Å². The monoisotopic (exact) mass is 378 g/mol. The van der Waals surface area contributed by atoms with E-state index in [0.717, 1.165) is 0 Å². The zero-order chi connectivity index (χ0) is 19.4. The van der Waals surface area contributed by atoms with Gasteiger partial charge < -0.3 is 14.8 Å². The van der Waals surface area contributed by atoms with E-state index in [1.54, 1.807) is 34.9 Å².